The number of ether oxygens (including phenoxy) is 2. The summed E-state index contributed by atoms with van der Waals surface area (Å²) in [6, 6.07) is 16.0. The van der Waals surface area contributed by atoms with Gasteiger partial charge in [-0.3, -0.25) is 4.79 Å². The first-order chi connectivity index (χ1) is 25.1. The summed E-state index contributed by atoms with van der Waals surface area (Å²) in [6.45, 7) is 15.2. The van der Waals surface area contributed by atoms with Gasteiger partial charge in [-0.25, -0.2) is 9.78 Å². The van der Waals surface area contributed by atoms with Crippen LogP contribution in [0, 0.1) is 12.8 Å². The number of esters is 2. The molecule has 0 saturated carbocycles. The van der Waals surface area contributed by atoms with E-state index in [-0.39, 0.29) is 24.5 Å². The summed E-state index contributed by atoms with van der Waals surface area (Å²) >= 11 is 0. The van der Waals surface area contributed by atoms with Crippen LogP contribution in [0.3, 0.4) is 0 Å². The monoisotopic (exact) mass is 713 g/mol. The third-order valence-corrected chi connectivity index (χ3v) is 9.71. The highest BCUT2D eigenvalue weighted by molar-refractivity contribution is 5.97. The molecule has 0 N–H and O–H groups in total. The Kier molecular flexibility index (Phi) is 19.0. The first-order valence-corrected chi connectivity index (χ1v) is 20.4. The lowest BCUT2D eigenvalue weighted by Gasteiger charge is -2.20. The van der Waals surface area contributed by atoms with E-state index in [0.29, 0.717) is 12.1 Å². The molecule has 0 aliphatic carbocycles. The van der Waals surface area contributed by atoms with Crippen LogP contribution in [0.5, 0.6) is 0 Å². The van der Waals surface area contributed by atoms with Gasteiger partial charge < -0.3 is 14.0 Å². The highest BCUT2D eigenvalue weighted by Gasteiger charge is 2.23. The molecule has 6 nitrogen and oxygen atoms in total. The Morgan fingerprint density at radius 2 is 1.42 bits per heavy atom. The fourth-order valence-corrected chi connectivity index (χ4v) is 6.59. The second-order valence-electron chi connectivity index (χ2n) is 15.4. The molecule has 1 atom stereocenters. The second kappa shape index (κ2) is 23.1. The third kappa shape index (κ3) is 14.8. The number of allylic oxidation sites excluding steroid dienone is 2. The van der Waals surface area contributed by atoms with Crippen molar-refractivity contribution in [2.75, 3.05) is 0 Å². The number of carbonyl (C=O) groups is 2. The fourth-order valence-electron chi connectivity index (χ4n) is 6.59. The summed E-state index contributed by atoms with van der Waals surface area (Å²) in [6.07, 6.45) is 22.7. The van der Waals surface area contributed by atoms with E-state index in [9.17, 15) is 9.59 Å². The standard InChI is InChI=1S/C46H68N2O4/c1-8-11-14-15-16-17-18-19-20-21-22-26-39(25-12-9-2)44(49)51-35-42-36(4)48(43(47-42)29-13-10-3)34-37-30-32-38(33-31-37)40-27-23-24-28-41(40)45(50)52-46(5,6)7/h19-20,23-24,27-28,30-33,39H,8-18,21-22,25-26,29,34-35H2,1-7H3. The normalized spacial score (nSPS) is 12.4. The molecule has 0 fully saturated rings. The molecule has 1 unspecified atom stereocenters. The first kappa shape index (κ1) is 42.7. The predicted octanol–water partition coefficient (Wildman–Crippen LogP) is 12.5. The summed E-state index contributed by atoms with van der Waals surface area (Å²) < 4.78 is 13.9. The van der Waals surface area contributed by atoms with Crippen LogP contribution in [0.1, 0.15) is 171 Å². The summed E-state index contributed by atoms with van der Waals surface area (Å²) in [5.41, 5.74) is 4.84. The Morgan fingerprint density at radius 1 is 0.788 bits per heavy atom. The molecule has 52 heavy (non-hydrogen) atoms. The number of aryl methyl sites for hydroxylation is 1. The average molecular weight is 713 g/mol. The summed E-state index contributed by atoms with van der Waals surface area (Å²) in [7, 11) is 0. The quantitative estimate of drug-likeness (QED) is 0.0525. The lowest BCUT2D eigenvalue weighted by Crippen LogP contribution is -2.24. The van der Waals surface area contributed by atoms with Gasteiger partial charge in [-0.05, 0) is 95.4 Å². The maximum Gasteiger partial charge on any atom is 0.339 e. The van der Waals surface area contributed by atoms with E-state index >= 15 is 0 Å². The smallest absolute Gasteiger partial charge is 0.339 e. The van der Waals surface area contributed by atoms with Gasteiger partial charge in [-0.15, -0.1) is 0 Å². The fraction of sp³-hybridized carbons (Fsp3) is 0.587. The van der Waals surface area contributed by atoms with E-state index < -0.39 is 5.60 Å². The first-order valence-electron chi connectivity index (χ1n) is 20.4. The molecular weight excluding hydrogens is 645 g/mol. The van der Waals surface area contributed by atoms with Crippen molar-refractivity contribution < 1.29 is 19.1 Å². The minimum atomic E-state index is -0.565. The molecular formula is C46H68N2O4. The van der Waals surface area contributed by atoms with Gasteiger partial charge in [0.1, 0.15) is 18.0 Å². The zero-order valence-corrected chi connectivity index (χ0v) is 33.6. The average Bonchev–Trinajstić information content (AvgIpc) is 3.42. The number of unbranched alkanes of at least 4 members (excludes halogenated alkanes) is 9. The molecule has 0 bridgehead atoms. The number of imidazole rings is 1. The van der Waals surface area contributed by atoms with Gasteiger partial charge in [0.25, 0.3) is 0 Å². The van der Waals surface area contributed by atoms with E-state index in [1.165, 1.54) is 38.5 Å². The molecule has 0 aliphatic heterocycles. The molecule has 0 amide bonds. The Balaban J connectivity index is 1.63. The van der Waals surface area contributed by atoms with Crippen LogP contribution < -0.4 is 0 Å². The highest BCUT2D eigenvalue weighted by atomic mass is 16.6. The van der Waals surface area contributed by atoms with Crippen LogP contribution >= 0.6 is 0 Å². The Bertz CT molecular complexity index is 1510. The van der Waals surface area contributed by atoms with Crippen LogP contribution in [0.15, 0.2) is 60.7 Å². The minimum Gasteiger partial charge on any atom is -0.459 e. The van der Waals surface area contributed by atoms with Crippen molar-refractivity contribution in [3.05, 3.63) is 89.0 Å². The van der Waals surface area contributed by atoms with E-state index in [0.717, 1.165) is 98.1 Å². The zero-order valence-electron chi connectivity index (χ0n) is 33.6. The lowest BCUT2D eigenvalue weighted by molar-refractivity contribution is -0.150. The predicted molar refractivity (Wildman–Crippen MR) is 216 cm³/mol. The van der Waals surface area contributed by atoms with Gasteiger partial charge in [-0.2, -0.15) is 0 Å². The molecule has 2 aromatic carbocycles. The molecule has 1 heterocycles. The number of hydrogen-bond donors (Lipinski definition) is 0. The molecule has 286 valence electrons. The SMILES string of the molecule is CCCCCCCCC=CCCCC(CCCC)C(=O)OCc1nc(CCCC)n(Cc2ccc(-c3ccccc3C(=O)OC(C)(C)C)cc2)c1C. The van der Waals surface area contributed by atoms with Gasteiger partial charge in [0, 0.05) is 18.7 Å². The number of benzene rings is 2. The lowest BCUT2D eigenvalue weighted by atomic mass is 9.96. The summed E-state index contributed by atoms with van der Waals surface area (Å²) in [5.74, 6) is 0.557. The van der Waals surface area contributed by atoms with Gasteiger partial charge in [-0.1, -0.05) is 127 Å². The molecule has 0 radical (unpaired) electrons. The molecule has 6 heteroatoms. The second-order valence-corrected chi connectivity index (χ2v) is 15.4. The van der Waals surface area contributed by atoms with Gasteiger partial charge in [0.05, 0.1) is 17.2 Å². The molecule has 1 aromatic heterocycles. The molecule has 0 spiro atoms. The van der Waals surface area contributed by atoms with Crippen molar-refractivity contribution in [2.45, 2.75) is 170 Å². The number of hydrogen-bond acceptors (Lipinski definition) is 5. The summed E-state index contributed by atoms with van der Waals surface area (Å²) in [4.78, 5) is 31.4. The number of aromatic nitrogens is 2. The van der Waals surface area contributed by atoms with E-state index in [1.54, 1.807) is 0 Å². The number of nitrogens with zero attached hydrogens (tertiary/aromatic N) is 2. The van der Waals surface area contributed by atoms with Gasteiger partial charge in [0.2, 0.25) is 0 Å². The van der Waals surface area contributed by atoms with Crippen molar-refractivity contribution in [3.8, 4) is 11.1 Å². The number of carbonyl (C=O) groups excluding carboxylic acids is 2. The third-order valence-electron chi connectivity index (χ3n) is 9.71. The van der Waals surface area contributed by atoms with Crippen LogP contribution in [0.2, 0.25) is 0 Å². The Hall–Kier alpha value is -3.67. The largest absolute Gasteiger partial charge is 0.459 e. The highest BCUT2D eigenvalue weighted by Crippen LogP contribution is 2.27. The van der Waals surface area contributed by atoms with Crippen LogP contribution in [0.4, 0.5) is 0 Å². The van der Waals surface area contributed by atoms with Gasteiger partial charge in [0.15, 0.2) is 0 Å². The zero-order chi connectivity index (χ0) is 37.8. The maximum absolute atomic E-state index is 13.4. The molecule has 3 aromatic rings. The topological polar surface area (TPSA) is 70.4 Å². The summed E-state index contributed by atoms with van der Waals surface area (Å²) in [5, 5.41) is 0. The van der Waals surface area contributed by atoms with Crippen molar-refractivity contribution in [1.29, 1.82) is 0 Å². The van der Waals surface area contributed by atoms with Crippen molar-refractivity contribution >= 4 is 11.9 Å². The van der Waals surface area contributed by atoms with Gasteiger partial charge >= 0.3 is 11.9 Å². The Labute approximate surface area is 315 Å². The van der Waals surface area contributed by atoms with Crippen LogP contribution in [0.25, 0.3) is 11.1 Å². The van der Waals surface area contributed by atoms with E-state index in [4.69, 9.17) is 14.5 Å². The molecule has 0 saturated heterocycles. The minimum absolute atomic E-state index is 0.0622. The van der Waals surface area contributed by atoms with E-state index in [2.05, 4.69) is 68.7 Å². The van der Waals surface area contributed by atoms with Crippen LogP contribution in [-0.4, -0.2) is 27.1 Å². The van der Waals surface area contributed by atoms with Crippen LogP contribution in [-0.2, 0) is 33.8 Å². The molecule has 0 aliphatic rings. The molecule has 3 rings (SSSR count). The van der Waals surface area contributed by atoms with E-state index in [1.807, 2.05) is 45.0 Å². The van der Waals surface area contributed by atoms with Crippen molar-refractivity contribution in [3.63, 3.8) is 0 Å². The number of rotatable bonds is 24. The van der Waals surface area contributed by atoms with Crippen molar-refractivity contribution in [2.24, 2.45) is 5.92 Å². The van der Waals surface area contributed by atoms with Crippen molar-refractivity contribution in [1.82, 2.24) is 9.55 Å². The Morgan fingerprint density at radius 3 is 2.12 bits per heavy atom. The maximum atomic E-state index is 13.4.